The van der Waals surface area contributed by atoms with Gasteiger partial charge >= 0.3 is 5.69 Å². The molecule has 0 unspecified atom stereocenters. The largest absolute Gasteiger partial charge is 0.352 e. The van der Waals surface area contributed by atoms with Crippen LogP contribution in [0.1, 0.15) is 50.5 Å². The van der Waals surface area contributed by atoms with Crippen LogP contribution in [0.15, 0.2) is 58.1 Å². The Morgan fingerprint density at radius 3 is 2.37 bits per heavy atom. The fraction of sp³-hybridized carbons (Fsp3) is 0.304. The monoisotopic (exact) mass is 407 g/mol. The molecule has 1 amide bonds. The number of carbonyl (C=O) groups excluding carboxylic acids is 2. The van der Waals surface area contributed by atoms with E-state index in [1.165, 1.54) is 17.6 Å². The molecule has 3 aromatic rings. The highest BCUT2D eigenvalue weighted by Gasteiger charge is 2.25. The van der Waals surface area contributed by atoms with Crippen LogP contribution in [-0.2, 0) is 4.79 Å². The predicted molar refractivity (Wildman–Crippen MR) is 116 cm³/mol. The molecule has 0 bridgehead atoms. The number of rotatable bonds is 6. The summed E-state index contributed by atoms with van der Waals surface area (Å²) < 4.78 is 2.40. The second-order valence-electron chi connectivity index (χ2n) is 7.50. The zero-order valence-corrected chi connectivity index (χ0v) is 17.5. The van der Waals surface area contributed by atoms with Crippen molar-refractivity contribution in [2.24, 2.45) is 0 Å². The van der Waals surface area contributed by atoms with Crippen molar-refractivity contribution in [3.05, 3.63) is 74.9 Å². The number of ketones is 1. The molecule has 1 atom stereocenters. The van der Waals surface area contributed by atoms with E-state index in [2.05, 4.69) is 5.32 Å². The lowest BCUT2D eigenvalue weighted by Crippen LogP contribution is -2.45. The first-order valence-corrected chi connectivity index (χ1v) is 9.94. The fourth-order valence-electron chi connectivity index (χ4n) is 3.54. The molecule has 156 valence electrons. The number of para-hydroxylation sites is 1. The van der Waals surface area contributed by atoms with Crippen molar-refractivity contribution < 1.29 is 9.59 Å². The first-order chi connectivity index (χ1) is 14.3. The van der Waals surface area contributed by atoms with E-state index in [-0.39, 0.29) is 23.4 Å². The normalized spacial score (nSPS) is 12.2. The fourth-order valence-corrected chi connectivity index (χ4v) is 3.54. The molecule has 0 saturated heterocycles. The van der Waals surface area contributed by atoms with Crippen LogP contribution in [-0.4, -0.2) is 26.9 Å². The third-order valence-electron chi connectivity index (χ3n) is 4.94. The van der Waals surface area contributed by atoms with E-state index in [9.17, 15) is 19.2 Å². The van der Waals surface area contributed by atoms with E-state index in [0.29, 0.717) is 22.9 Å². The van der Waals surface area contributed by atoms with Crippen molar-refractivity contribution in [3.63, 3.8) is 0 Å². The smallest absolute Gasteiger partial charge is 0.336 e. The van der Waals surface area contributed by atoms with Gasteiger partial charge in [0.1, 0.15) is 6.04 Å². The summed E-state index contributed by atoms with van der Waals surface area (Å²) in [6.45, 7) is 6.93. The van der Waals surface area contributed by atoms with Crippen molar-refractivity contribution >= 4 is 22.6 Å². The van der Waals surface area contributed by atoms with E-state index >= 15 is 0 Å². The van der Waals surface area contributed by atoms with E-state index in [1.807, 2.05) is 20.8 Å². The first kappa shape index (κ1) is 21.2. The van der Waals surface area contributed by atoms with E-state index in [4.69, 9.17) is 0 Å². The Morgan fingerprint density at radius 2 is 1.73 bits per heavy atom. The number of hydrogen-bond acceptors (Lipinski definition) is 4. The van der Waals surface area contributed by atoms with Gasteiger partial charge in [-0.15, -0.1) is 0 Å². The summed E-state index contributed by atoms with van der Waals surface area (Å²) in [4.78, 5) is 51.4. The Bertz CT molecular complexity index is 1240. The number of amides is 1. The Hall–Kier alpha value is -3.48. The zero-order chi connectivity index (χ0) is 22.0. The second kappa shape index (κ2) is 8.49. The molecule has 1 aromatic heterocycles. The maximum atomic E-state index is 13.5. The summed E-state index contributed by atoms with van der Waals surface area (Å²) in [7, 11) is 0. The van der Waals surface area contributed by atoms with Gasteiger partial charge in [-0.3, -0.25) is 19.0 Å². The Labute approximate surface area is 174 Å². The third-order valence-corrected chi connectivity index (χ3v) is 4.94. The minimum absolute atomic E-state index is 0.0910. The highest BCUT2D eigenvalue weighted by atomic mass is 16.2. The van der Waals surface area contributed by atoms with Gasteiger partial charge in [0.15, 0.2) is 5.78 Å². The van der Waals surface area contributed by atoms with Crippen LogP contribution in [0.2, 0.25) is 0 Å². The van der Waals surface area contributed by atoms with Gasteiger partial charge in [0.2, 0.25) is 5.91 Å². The number of nitrogens with one attached hydrogen (secondary N) is 1. The number of benzene rings is 2. The van der Waals surface area contributed by atoms with Crippen molar-refractivity contribution in [1.82, 2.24) is 14.5 Å². The summed E-state index contributed by atoms with van der Waals surface area (Å²) in [5.74, 6) is -0.462. The van der Waals surface area contributed by atoms with Crippen LogP contribution in [0.3, 0.4) is 0 Å². The minimum atomic E-state index is -0.785. The summed E-state index contributed by atoms with van der Waals surface area (Å²) >= 11 is 0. The molecule has 0 saturated carbocycles. The molecule has 0 aliphatic rings. The Morgan fingerprint density at radius 1 is 1.03 bits per heavy atom. The lowest BCUT2D eigenvalue weighted by atomic mass is 10.1. The molecule has 0 radical (unpaired) electrons. The van der Waals surface area contributed by atoms with Crippen LogP contribution in [0.5, 0.6) is 0 Å². The van der Waals surface area contributed by atoms with Gasteiger partial charge in [0, 0.05) is 11.6 Å². The lowest BCUT2D eigenvalue weighted by Gasteiger charge is -2.22. The lowest BCUT2D eigenvalue weighted by molar-refractivity contribution is -0.124. The molecule has 0 fully saturated rings. The van der Waals surface area contributed by atoms with Gasteiger partial charge in [-0.2, -0.15) is 0 Å². The Balaban J connectivity index is 2.38. The molecule has 7 heteroatoms. The molecular formula is C23H25N3O4. The highest BCUT2D eigenvalue weighted by Crippen LogP contribution is 2.18. The van der Waals surface area contributed by atoms with Gasteiger partial charge in [-0.25, -0.2) is 9.36 Å². The molecule has 30 heavy (non-hydrogen) atoms. The third kappa shape index (κ3) is 3.83. The SMILES string of the molecule is CC[C@@H](C(=O)NC(C)C)n1c(=O)n(-c2cccc(C(C)=O)c2)c(=O)c2ccccc21. The van der Waals surface area contributed by atoms with Gasteiger partial charge < -0.3 is 5.32 Å². The average Bonchev–Trinajstić information content (AvgIpc) is 2.70. The first-order valence-electron chi connectivity index (χ1n) is 9.94. The number of Topliss-reactive ketones (excluding diaryl/α,β-unsaturated/α-hetero) is 1. The van der Waals surface area contributed by atoms with Gasteiger partial charge in [-0.1, -0.05) is 31.2 Å². The minimum Gasteiger partial charge on any atom is -0.352 e. The standard InChI is InChI=1S/C23H25N3O4/c1-5-19(21(28)24-14(2)3)26-20-12-7-6-11-18(20)22(29)25(23(26)30)17-10-8-9-16(13-17)15(4)27/h6-14,19H,5H2,1-4H3,(H,24,28)/t19-/m0/s1. The van der Waals surface area contributed by atoms with Crippen molar-refractivity contribution in [2.75, 3.05) is 0 Å². The predicted octanol–water partition coefficient (Wildman–Crippen LogP) is 2.83. The number of nitrogens with zero attached hydrogens (tertiary/aromatic N) is 2. The van der Waals surface area contributed by atoms with Crippen molar-refractivity contribution in [3.8, 4) is 5.69 Å². The molecule has 7 nitrogen and oxygen atoms in total. The van der Waals surface area contributed by atoms with Crippen LogP contribution in [0, 0.1) is 0 Å². The zero-order valence-electron chi connectivity index (χ0n) is 17.5. The van der Waals surface area contributed by atoms with Crippen LogP contribution < -0.4 is 16.6 Å². The van der Waals surface area contributed by atoms with E-state index in [0.717, 1.165) is 4.57 Å². The van der Waals surface area contributed by atoms with Crippen LogP contribution in [0.25, 0.3) is 16.6 Å². The summed E-state index contributed by atoms with van der Waals surface area (Å²) in [6, 6.07) is 12.2. The quantitative estimate of drug-likeness (QED) is 0.636. The summed E-state index contributed by atoms with van der Waals surface area (Å²) in [5, 5.41) is 3.17. The number of aromatic nitrogens is 2. The average molecular weight is 407 g/mol. The molecule has 2 aromatic carbocycles. The maximum absolute atomic E-state index is 13.5. The van der Waals surface area contributed by atoms with Crippen molar-refractivity contribution in [1.29, 1.82) is 0 Å². The number of carbonyl (C=O) groups is 2. The molecule has 0 aliphatic heterocycles. The van der Waals surface area contributed by atoms with Gasteiger partial charge in [0.25, 0.3) is 5.56 Å². The second-order valence-corrected chi connectivity index (χ2v) is 7.50. The molecule has 0 spiro atoms. The Kier molecular flexibility index (Phi) is 6.01. The topological polar surface area (TPSA) is 90.2 Å². The number of fused-ring (bicyclic) bond motifs is 1. The molecule has 1 heterocycles. The maximum Gasteiger partial charge on any atom is 0.336 e. The molecule has 0 aliphatic carbocycles. The van der Waals surface area contributed by atoms with Gasteiger partial charge in [-0.05, 0) is 51.5 Å². The van der Waals surface area contributed by atoms with Gasteiger partial charge in [0.05, 0.1) is 16.6 Å². The summed E-state index contributed by atoms with van der Waals surface area (Å²) in [5.41, 5.74) is -0.0338. The van der Waals surface area contributed by atoms with Crippen LogP contribution >= 0.6 is 0 Å². The molecule has 3 rings (SSSR count). The summed E-state index contributed by atoms with van der Waals surface area (Å²) in [6.07, 6.45) is 0.369. The highest BCUT2D eigenvalue weighted by molar-refractivity contribution is 5.94. The molecular weight excluding hydrogens is 382 g/mol. The van der Waals surface area contributed by atoms with E-state index in [1.54, 1.807) is 42.5 Å². The van der Waals surface area contributed by atoms with Crippen LogP contribution in [0.4, 0.5) is 0 Å². The van der Waals surface area contributed by atoms with E-state index < -0.39 is 17.3 Å². The van der Waals surface area contributed by atoms with Crippen molar-refractivity contribution in [2.45, 2.75) is 46.2 Å². The molecule has 1 N–H and O–H groups in total. The number of hydrogen-bond donors (Lipinski definition) is 1.